The van der Waals surface area contributed by atoms with Crippen LogP contribution in [0.3, 0.4) is 0 Å². The van der Waals surface area contributed by atoms with Crippen molar-refractivity contribution in [2.75, 3.05) is 18.8 Å². The normalized spacial score (nSPS) is 19.3. The maximum absolute atomic E-state index is 12.8. The number of nitrogens with zero attached hydrogens (tertiary/aromatic N) is 1. The third-order valence-electron chi connectivity index (χ3n) is 4.72. The first-order chi connectivity index (χ1) is 11.1. The van der Waals surface area contributed by atoms with Gasteiger partial charge in [-0.3, -0.25) is 0 Å². The van der Waals surface area contributed by atoms with Gasteiger partial charge >= 0.3 is 0 Å². The molecule has 5 heteroatoms. The lowest BCUT2D eigenvalue weighted by Gasteiger charge is -2.25. The fourth-order valence-electron chi connectivity index (χ4n) is 3.45. The van der Waals surface area contributed by atoms with Crippen LogP contribution in [0.2, 0.25) is 0 Å². The molecule has 0 saturated carbocycles. The highest BCUT2D eigenvalue weighted by Gasteiger charge is 2.24. The molecule has 1 atom stereocenters. The van der Waals surface area contributed by atoms with Crippen molar-refractivity contribution in [3.63, 3.8) is 0 Å². The van der Waals surface area contributed by atoms with Gasteiger partial charge in [0.1, 0.15) is 0 Å². The predicted molar refractivity (Wildman–Crippen MR) is 94.7 cm³/mol. The molecule has 1 aromatic heterocycles. The van der Waals surface area contributed by atoms with Gasteiger partial charge in [-0.2, -0.15) is 0 Å². The van der Waals surface area contributed by atoms with Crippen molar-refractivity contribution in [2.45, 2.75) is 50.0 Å². The summed E-state index contributed by atoms with van der Waals surface area (Å²) in [6.07, 6.45) is 6.85. The molecule has 0 radical (unpaired) electrons. The molecule has 1 fully saturated rings. The van der Waals surface area contributed by atoms with Crippen molar-refractivity contribution >= 4 is 20.7 Å². The van der Waals surface area contributed by atoms with Gasteiger partial charge in [-0.1, -0.05) is 38.0 Å². The van der Waals surface area contributed by atoms with Crippen LogP contribution in [0.15, 0.2) is 35.4 Å². The number of para-hydroxylation sites is 1. The third kappa shape index (κ3) is 3.45. The molecule has 1 unspecified atom stereocenters. The Labute approximate surface area is 138 Å². The average molecular weight is 334 g/mol. The van der Waals surface area contributed by atoms with Gasteiger partial charge in [-0.25, -0.2) is 8.42 Å². The minimum Gasteiger partial charge on any atom is -0.342 e. The lowest BCUT2D eigenvalue weighted by molar-refractivity contribution is 0.378. The van der Waals surface area contributed by atoms with E-state index in [0.29, 0.717) is 10.9 Å². The molecule has 1 N–H and O–H groups in total. The molecule has 1 aromatic carbocycles. The Morgan fingerprint density at radius 2 is 2.09 bits per heavy atom. The summed E-state index contributed by atoms with van der Waals surface area (Å²) in [6.45, 7) is 4.06. The quantitative estimate of drug-likeness (QED) is 0.822. The smallest absolute Gasteiger partial charge is 0.180 e. The molecule has 0 amide bonds. The van der Waals surface area contributed by atoms with Crippen LogP contribution in [0.1, 0.15) is 45.1 Å². The lowest BCUT2D eigenvalue weighted by Crippen LogP contribution is -2.31. The topological polar surface area (TPSA) is 51.1 Å². The van der Waals surface area contributed by atoms with Crippen molar-refractivity contribution in [3.8, 4) is 0 Å². The van der Waals surface area contributed by atoms with Crippen molar-refractivity contribution < 1.29 is 8.42 Å². The van der Waals surface area contributed by atoms with Crippen LogP contribution in [-0.4, -0.2) is 31.8 Å². The Kier molecular flexibility index (Phi) is 5.07. The molecule has 1 aliphatic heterocycles. The van der Waals surface area contributed by atoms with E-state index >= 15 is 0 Å². The second kappa shape index (κ2) is 7.05. The number of piperidine rings is 1. The summed E-state index contributed by atoms with van der Waals surface area (Å²) < 4.78 is 27.8. The van der Waals surface area contributed by atoms with Gasteiger partial charge in [0.2, 0.25) is 0 Å². The highest BCUT2D eigenvalue weighted by Crippen LogP contribution is 2.31. The fourth-order valence-corrected chi connectivity index (χ4v) is 5.03. The van der Waals surface area contributed by atoms with Gasteiger partial charge in [0.15, 0.2) is 9.84 Å². The van der Waals surface area contributed by atoms with E-state index in [1.807, 2.05) is 30.5 Å². The van der Waals surface area contributed by atoms with Gasteiger partial charge in [-0.15, -0.1) is 0 Å². The van der Waals surface area contributed by atoms with E-state index in [2.05, 4.69) is 16.8 Å². The fraction of sp³-hybridized carbons (Fsp3) is 0.556. The number of nitrogens with one attached hydrogen (secondary N) is 1. The molecule has 126 valence electrons. The first-order valence-electron chi connectivity index (χ1n) is 8.66. The second-order valence-electron chi connectivity index (χ2n) is 6.44. The van der Waals surface area contributed by atoms with Crippen molar-refractivity contribution in [3.05, 3.63) is 30.5 Å². The summed E-state index contributed by atoms with van der Waals surface area (Å²) in [5.41, 5.74) is 1.04. The Bertz CT molecular complexity index is 758. The van der Waals surface area contributed by atoms with Crippen LogP contribution >= 0.6 is 0 Å². The van der Waals surface area contributed by atoms with Gasteiger partial charge in [0.25, 0.3) is 0 Å². The summed E-state index contributed by atoms with van der Waals surface area (Å²) in [5.74, 6) is 0.248. The first-order valence-corrected chi connectivity index (χ1v) is 10.3. The molecule has 3 rings (SSSR count). The molecule has 1 saturated heterocycles. The second-order valence-corrected chi connectivity index (χ2v) is 8.52. The number of aromatic nitrogens is 1. The molecule has 23 heavy (non-hydrogen) atoms. The largest absolute Gasteiger partial charge is 0.342 e. The number of fused-ring (bicyclic) bond motifs is 1. The molecule has 0 bridgehead atoms. The van der Waals surface area contributed by atoms with Crippen LogP contribution < -0.4 is 5.32 Å². The molecule has 0 spiro atoms. The zero-order valence-corrected chi connectivity index (χ0v) is 14.6. The van der Waals surface area contributed by atoms with Crippen molar-refractivity contribution in [2.24, 2.45) is 0 Å². The molecule has 2 aromatic rings. The Morgan fingerprint density at radius 3 is 2.83 bits per heavy atom. The Morgan fingerprint density at radius 1 is 1.26 bits per heavy atom. The van der Waals surface area contributed by atoms with Crippen molar-refractivity contribution in [1.82, 2.24) is 9.88 Å². The van der Waals surface area contributed by atoms with Gasteiger partial charge < -0.3 is 9.88 Å². The lowest BCUT2D eigenvalue weighted by atomic mass is 10.1. The van der Waals surface area contributed by atoms with E-state index in [1.54, 1.807) is 0 Å². The van der Waals surface area contributed by atoms with Gasteiger partial charge in [0, 0.05) is 29.7 Å². The minimum atomic E-state index is -3.22. The van der Waals surface area contributed by atoms with E-state index in [1.165, 1.54) is 0 Å². The van der Waals surface area contributed by atoms with Crippen LogP contribution in [0.4, 0.5) is 0 Å². The number of hydrogen-bond donors (Lipinski definition) is 1. The zero-order chi connectivity index (χ0) is 16.3. The van der Waals surface area contributed by atoms with Crippen LogP contribution in [0.25, 0.3) is 10.9 Å². The summed E-state index contributed by atoms with van der Waals surface area (Å²) in [5, 5.41) is 4.29. The number of benzene rings is 1. The van der Waals surface area contributed by atoms with E-state index in [9.17, 15) is 8.42 Å². The average Bonchev–Trinajstić information content (AvgIpc) is 2.96. The number of unbranched alkanes of at least 4 members (excludes halogenated alkanes) is 2. The van der Waals surface area contributed by atoms with E-state index in [-0.39, 0.29) is 5.75 Å². The zero-order valence-electron chi connectivity index (χ0n) is 13.8. The Balaban J connectivity index is 2.00. The maximum atomic E-state index is 12.8. The van der Waals surface area contributed by atoms with Crippen molar-refractivity contribution in [1.29, 1.82) is 0 Å². The van der Waals surface area contributed by atoms with Crippen LogP contribution in [-0.2, 0) is 9.84 Å². The summed E-state index contributed by atoms with van der Waals surface area (Å²) in [6, 6.07) is 8.23. The van der Waals surface area contributed by atoms with Gasteiger partial charge in [-0.05, 0) is 31.9 Å². The Hall–Kier alpha value is -1.33. The third-order valence-corrected chi connectivity index (χ3v) is 6.54. The monoisotopic (exact) mass is 334 g/mol. The highest BCUT2D eigenvalue weighted by molar-refractivity contribution is 7.91. The minimum absolute atomic E-state index is 0.248. The summed E-state index contributed by atoms with van der Waals surface area (Å²) >= 11 is 0. The number of rotatable bonds is 6. The van der Waals surface area contributed by atoms with E-state index < -0.39 is 9.84 Å². The molecule has 0 aliphatic carbocycles. The SMILES string of the molecule is CCCCCS(=O)(=O)c1cn(C2CCCNC2)c2ccccc12. The van der Waals surface area contributed by atoms with Crippen LogP contribution in [0, 0.1) is 0 Å². The summed E-state index contributed by atoms with van der Waals surface area (Å²) in [4.78, 5) is 0.509. The maximum Gasteiger partial charge on any atom is 0.180 e. The standard InChI is InChI=1S/C18H26N2O2S/c1-2-3-6-12-23(21,22)18-14-20(15-8-7-11-19-13-15)17-10-5-4-9-16(17)18/h4-5,9-10,14-15,19H,2-3,6-8,11-13H2,1H3. The number of hydrogen-bond acceptors (Lipinski definition) is 3. The molecule has 2 heterocycles. The molecular formula is C18H26N2O2S. The summed E-state index contributed by atoms with van der Waals surface area (Å²) in [7, 11) is -3.22. The number of sulfone groups is 1. The van der Waals surface area contributed by atoms with Gasteiger partial charge in [0.05, 0.1) is 10.6 Å². The predicted octanol–water partition coefficient (Wildman–Crippen LogP) is 3.53. The molecule has 1 aliphatic rings. The molecule has 4 nitrogen and oxygen atoms in total. The van der Waals surface area contributed by atoms with Crippen LogP contribution in [0.5, 0.6) is 0 Å². The molecular weight excluding hydrogens is 308 g/mol. The highest BCUT2D eigenvalue weighted by atomic mass is 32.2. The van der Waals surface area contributed by atoms with E-state index in [0.717, 1.165) is 56.1 Å². The first kappa shape index (κ1) is 16.5. The van der Waals surface area contributed by atoms with E-state index in [4.69, 9.17) is 0 Å².